The van der Waals surface area contributed by atoms with E-state index >= 15 is 0 Å². The lowest BCUT2D eigenvalue weighted by atomic mass is 10.1. The Hall–Kier alpha value is -1.02. The molecule has 2 heteroatoms. The van der Waals surface area contributed by atoms with E-state index in [4.69, 9.17) is 0 Å². The summed E-state index contributed by atoms with van der Waals surface area (Å²) in [5, 5.41) is 9.23. The van der Waals surface area contributed by atoms with Crippen molar-refractivity contribution in [3.8, 4) is 0 Å². The van der Waals surface area contributed by atoms with E-state index in [1.165, 1.54) is 37.2 Å². The fourth-order valence-electron chi connectivity index (χ4n) is 2.22. The zero-order valence-corrected chi connectivity index (χ0v) is 10.0. The van der Waals surface area contributed by atoms with E-state index in [0.717, 1.165) is 12.8 Å². The molecule has 2 rings (SSSR count). The molecule has 1 saturated heterocycles. The third-order valence-electron chi connectivity index (χ3n) is 3.26. The highest BCUT2D eigenvalue weighted by Crippen LogP contribution is 2.20. The summed E-state index contributed by atoms with van der Waals surface area (Å²) in [5.74, 6) is 0. The molecule has 0 bridgehead atoms. The van der Waals surface area contributed by atoms with E-state index in [1.54, 1.807) is 0 Å². The van der Waals surface area contributed by atoms with Gasteiger partial charge in [-0.2, -0.15) is 0 Å². The monoisotopic (exact) mass is 219 g/mol. The van der Waals surface area contributed by atoms with Crippen LogP contribution in [0.1, 0.15) is 31.7 Å². The molecular weight excluding hydrogens is 198 g/mol. The Bertz CT molecular complexity index is 312. The molecule has 1 aliphatic heterocycles. The van der Waals surface area contributed by atoms with E-state index in [0.29, 0.717) is 0 Å². The van der Waals surface area contributed by atoms with Gasteiger partial charge in [0.2, 0.25) is 0 Å². The molecule has 0 aliphatic carbocycles. The smallest absolute Gasteiger partial charge is 0.0515 e. The summed E-state index contributed by atoms with van der Waals surface area (Å²) in [6.45, 7) is 4.25. The van der Waals surface area contributed by atoms with Crippen molar-refractivity contribution in [1.29, 1.82) is 0 Å². The van der Waals surface area contributed by atoms with Crippen molar-refractivity contribution in [2.24, 2.45) is 0 Å². The Kier molecular flexibility index (Phi) is 3.83. The first kappa shape index (κ1) is 11.5. The van der Waals surface area contributed by atoms with Gasteiger partial charge in [0.05, 0.1) is 6.10 Å². The minimum Gasteiger partial charge on any atom is -0.393 e. The standard InChI is InChI=1S/C14H21NO/c1-12(16)4-5-13-6-8-14(9-7-13)15-10-2-3-11-15/h6-9,12,16H,2-5,10-11H2,1H3/t12-/m1/s1. The lowest BCUT2D eigenvalue weighted by Gasteiger charge is -2.17. The number of hydrogen-bond acceptors (Lipinski definition) is 2. The highest BCUT2D eigenvalue weighted by atomic mass is 16.3. The number of nitrogens with zero attached hydrogens (tertiary/aromatic N) is 1. The van der Waals surface area contributed by atoms with Gasteiger partial charge in [0.15, 0.2) is 0 Å². The predicted octanol–water partition coefficient (Wildman–Crippen LogP) is 2.60. The second-order valence-electron chi connectivity index (χ2n) is 4.75. The molecule has 2 nitrogen and oxygen atoms in total. The van der Waals surface area contributed by atoms with Gasteiger partial charge in [0.1, 0.15) is 0 Å². The van der Waals surface area contributed by atoms with Crippen molar-refractivity contribution < 1.29 is 5.11 Å². The summed E-state index contributed by atoms with van der Waals surface area (Å²) in [5.41, 5.74) is 2.67. The summed E-state index contributed by atoms with van der Waals surface area (Å²) in [4.78, 5) is 2.44. The van der Waals surface area contributed by atoms with Crippen LogP contribution in [0.25, 0.3) is 0 Å². The van der Waals surface area contributed by atoms with Crippen LogP contribution in [0.3, 0.4) is 0 Å². The number of aliphatic hydroxyl groups is 1. The largest absolute Gasteiger partial charge is 0.393 e. The van der Waals surface area contributed by atoms with Crippen LogP contribution >= 0.6 is 0 Å². The average Bonchev–Trinajstić information content (AvgIpc) is 2.80. The van der Waals surface area contributed by atoms with E-state index in [9.17, 15) is 5.11 Å². The maximum Gasteiger partial charge on any atom is 0.0515 e. The minimum absolute atomic E-state index is 0.196. The maximum atomic E-state index is 9.23. The SMILES string of the molecule is C[C@@H](O)CCc1ccc(N2CCCC2)cc1. The third kappa shape index (κ3) is 2.99. The van der Waals surface area contributed by atoms with Gasteiger partial charge in [-0.3, -0.25) is 0 Å². The summed E-state index contributed by atoms with van der Waals surface area (Å²) in [6.07, 6.45) is 4.27. The van der Waals surface area contributed by atoms with Crippen LogP contribution in [-0.4, -0.2) is 24.3 Å². The van der Waals surface area contributed by atoms with E-state index in [-0.39, 0.29) is 6.10 Å². The first-order chi connectivity index (χ1) is 7.75. The van der Waals surface area contributed by atoms with E-state index in [1.807, 2.05) is 6.92 Å². The van der Waals surface area contributed by atoms with Gasteiger partial charge < -0.3 is 10.0 Å². The fourth-order valence-corrected chi connectivity index (χ4v) is 2.22. The Morgan fingerprint density at radius 1 is 1.19 bits per heavy atom. The van der Waals surface area contributed by atoms with Crippen LogP contribution in [0.5, 0.6) is 0 Å². The summed E-state index contributed by atoms with van der Waals surface area (Å²) >= 11 is 0. The summed E-state index contributed by atoms with van der Waals surface area (Å²) in [6, 6.07) is 8.80. The number of rotatable bonds is 4. The molecular formula is C14H21NO. The second-order valence-corrected chi connectivity index (χ2v) is 4.75. The van der Waals surface area contributed by atoms with Gasteiger partial charge in [-0.1, -0.05) is 12.1 Å². The lowest BCUT2D eigenvalue weighted by Crippen LogP contribution is -2.17. The number of anilines is 1. The molecule has 1 aromatic carbocycles. The average molecular weight is 219 g/mol. The molecule has 0 spiro atoms. The van der Waals surface area contributed by atoms with Gasteiger partial charge in [-0.15, -0.1) is 0 Å². The molecule has 88 valence electrons. The van der Waals surface area contributed by atoms with Crippen LogP contribution in [0.15, 0.2) is 24.3 Å². The minimum atomic E-state index is -0.196. The molecule has 1 N–H and O–H groups in total. The highest BCUT2D eigenvalue weighted by Gasteiger charge is 2.11. The first-order valence-electron chi connectivity index (χ1n) is 6.27. The zero-order chi connectivity index (χ0) is 11.4. The lowest BCUT2D eigenvalue weighted by molar-refractivity contribution is 0.185. The molecule has 1 aromatic rings. The molecule has 0 unspecified atom stereocenters. The molecule has 16 heavy (non-hydrogen) atoms. The molecule has 1 fully saturated rings. The topological polar surface area (TPSA) is 23.5 Å². The second kappa shape index (κ2) is 5.35. The van der Waals surface area contributed by atoms with Crippen LogP contribution in [-0.2, 0) is 6.42 Å². The Labute approximate surface area is 97.9 Å². The van der Waals surface area contributed by atoms with Gasteiger partial charge in [-0.25, -0.2) is 0 Å². The van der Waals surface area contributed by atoms with Crippen LogP contribution in [0.2, 0.25) is 0 Å². The van der Waals surface area contributed by atoms with Crippen LogP contribution in [0, 0.1) is 0 Å². The number of hydrogen-bond donors (Lipinski definition) is 1. The predicted molar refractivity (Wildman–Crippen MR) is 67.9 cm³/mol. The van der Waals surface area contributed by atoms with Crippen molar-refractivity contribution in [2.45, 2.75) is 38.7 Å². The Balaban J connectivity index is 1.93. The number of benzene rings is 1. The van der Waals surface area contributed by atoms with Crippen molar-refractivity contribution >= 4 is 5.69 Å². The van der Waals surface area contributed by atoms with Crippen LogP contribution in [0.4, 0.5) is 5.69 Å². The first-order valence-corrected chi connectivity index (χ1v) is 6.27. The molecule has 1 atom stereocenters. The molecule has 0 radical (unpaired) electrons. The molecule has 0 aromatic heterocycles. The molecule has 1 aliphatic rings. The fraction of sp³-hybridized carbons (Fsp3) is 0.571. The quantitative estimate of drug-likeness (QED) is 0.841. The van der Waals surface area contributed by atoms with Crippen molar-refractivity contribution in [2.75, 3.05) is 18.0 Å². The van der Waals surface area contributed by atoms with Crippen molar-refractivity contribution in [1.82, 2.24) is 0 Å². The zero-order valence-electron chi connectivity index (χ0n) is 10.0. The third-order valence-corrected chi connectivity index (χ3v) is 3.26. The number of aliphatic hydroxyl groups excluding tert-OH is 1. The normalized spacial score (nSPS) is 17.8. The number of aryl methyl sites for hydroxylation is 1. The van der Waals surface area contributed by atoms with Crippen LogP contribution < -0.4 is 4.90 Å². The molecule has 0 saturated carbocycles. The van der Waals surface area contributed by atoms with Gasteiger partial charge in [0.25, 0.3) is 0 Å². The highest BCUT2D eigenvalue weighted by molar-refractivity contribution is 5.48. The van der Waals surface area contributed by atoms with Gasteiger partial charge in [-0.05, 0) is 50.3 Å². The maximum absolute atomic E-state index is 9.23. The Morgan fingerprint density at radius 3 is 2.38 bits per heavy atom. The summed E-state index contributed by atoms with van der Waals surface area (Å²) < 4.78 is 0. The van der Waals surface area contributed by atoms with E-state index in [2.05, 4.69) is 29.2 Å². The van der Waals surface area contributed by atoms with Crippen molar-refractivity contribution in [3.05, 3.63) is 29.8 Å². The van der Waals surface area contributed by atoms with Crippen molar-refractivity contribution in [3.63, 3.8) is 0 Å². The van der Waals surface area contributed by atoms with Gasteiger partial charge in [0, 0.05) is 18.8 Å². The Morgan fingerprint density at radius 2 is 1.81 bits per heavy atom. The van der Waals surface area contributed by atoms with Gasteiger partial charge >= 0.3 is 0 Å². The summed E-state index contributed by atoms with van der Waals surface area (Å²) in [7, 11) is 0. The molecule has 1 heterocycles. The van der Waals surface area contributed by atoms with E-state index < -0.39 is 0 Å². The molecule has 0 amide bonds.